The molecule has 10 heteroatoms. The summed E-state index contributed by atoms with van der Waals surface area (Å²) in [5.41, 5.74) is 1.16. The Morgan fingerprint density at radius 3 is 2.77 bits per heavy atom. The molecule has 1 N–H and O–H groups in total. The summed E-state index contributed by atoms with van der Waals surface area (Å²) >= 11 is 0. The fourth-order valence-corrected chi connectivity index (χ4v) is 2.20. The molecular weight excluding hydrogens is 288 g/mol. The molecule has 3 aromatic rings. The van der Waals surface area contributed by atoms with E-state index in [1.165, 1.54) is 17.9 Å². The highest BCUT2D eigenvalue weighted by atomic mass is 16.5. The van der Waals surface area contributed by atoms with E-state index in [-0.39, 0.29) is 12.3 Å². The van der Waals surface area contributed by atoms with Crippen molar-refractivity contribution in [3.05, 3.63) is 34.0 Å². The first-order chi connectivity index (χ1) is 11.0. The molecule has 0 amide bonds. The van der Waals surface area contributed by atoms with E-state index in [2.05, 4.69) is 20.6 Å². The number of ether oxygens (including phenoxy) is 1. The third-order valence-corrected chi connectivity index (χ3v) is 3.26. The van der Waals surface area contributed by atoms with Crippen LogP contribution in [0, 0.1) is 0 Å². The number of hydrogen-bond acceptors (Lipinski definition) is 6. The highest BCUT2D eigenvalue weighted by Gasteiger charge is 2.21. The number of H-pyrrole nitrogens is 1. The summed E-state index contributed by atoms with van der Waals surface area (Å²) in [6.07, 6.45) is 2.14. The van der Waals surface area contributed by atoms with Gasteiger partial charge < -0.3 is 4.74 Å². The summed E-state index contributed by atoms with van der Waals surface area (Å²) in [6, 6.07) is 1.59. The Labute approximate surface area is 126 Å². The van der Waals surface area contributed by atoms with Gasteiger partial charge in [-0.3, -0.25) is 9.77 Å². The van der Waals surface area contributed by atoms with Crippen molar-refractivity contribution in [2.75, 3.05) is 0 Å². The maximum atomic E-state index is 12.1. The van der Waals surface area contributed by atoms with Gasteiger partial charge in [-0.25, -0.2) is 4.79 Å². The van der Waals surface area contributed by atoms with Gasteiger partial charge in [0.25, 0.3) is 0 Å². The number of nitrogens with one attached hydrogen (secondary N) is 1. The first-order valence-corrected chi connectivity index (χ1v) is 6.73. The highest BCUT2D eigenvalue weighted by Crippen LogP contribution is 2.19. The molecule has 0 spiro atoms. The van der Waals surface area contributed by atoms with Gasteiger partial charge in [-0.15, -0.1) is 9.78 Å². The minimum atomic E-state index is -0.368. The van der Waals surface area contributed by atoms with E-state index in [9.17, 15) is 4.79 Å². The highest BCUT2D eigenvalue weighted by molar-refractivity contribution is 5.37. The molecule has 0 aliphatic rings. The van der Waals surface area contributed by atoms with E-state index in [0.29, 0.717) is 18.1 Å². The first-order valence-electron chi connectivity index (χ1n) is 7.17. The Balaban J connectivity index is 2.01. The smallest absolute Gasteiger partial charge is 0.369 e. The van der Waals surface area contributed by atoms with Gasteiger partial charge in [-0.05, 0) is 16.8 Å². The molecule has 0 saturated carbocycles. The van der Waals surface area contributed by atoms with Gasteiger partial charge in [0.15, 0.2) is 7.23 Å². The van der Waals surface area contributed by atoms with Crippen LogP contribution in [0.25, 0.3) is 5.82 Å². The maximum absolute atomic E-state index is 12.1. The number of aromatic amines is 1. The van der Waals surface area contributed by atoms with Crippen LogP contribution in [0.5, 0.6) is 5.88 Å². The summed E-state index contributed by atoms with van der Waals surface area (Å²) in [4.78, 5) is 12.1. The predicted molar refractivity (Wildman–Crippen MR) is 75.7 cm³/mol. The third-order valence-electron chi connectivity index (χ3n) is 3.26. The number of nitrogens with zero attached hydrogens (tertiary/aromatic N) is 7. The molecule has 3 heterocycles. The number of aromatic nitrogens is 8. The van der Waals surface area contributed by atoms with Crippen molar-refractivity contribution in [3.8, 4) is 11.7 Å². The van der Waals surface area contributed by atoms with E-state index in [4.69, 9.17) is 6.15 Å². The third kappa shape index (κ3) is 2.28. The second kappa shape index (κ2) is 5.47. The minimum absolute atomic E-state index is 0.159. The number of hydrogen-bond donors (Lipinski definition) is 1. The Kier molecular flexibility index (Phi) is 3.18. The van der Waals surface area contributed by atoms with Gasteiger partial charge in [-0.2, -0.15) is 9.78 Å². The molecule has 0 atom stereocenters. The SMILES string of the molecule is [3H]n1ccc(OCc2c(CC)nn(C)c2-n2nnn(C)c2=O)n1. The Bertz CT molecular complexity index is 889. The normalized spacial score (nSPS) is 11.7. The van der Waals surface area contributed by atoms with Crippen LogP contribution in [0.15, 0.2) is 17.1 Å². The molecule has 0 aromatic carbocycles. The van der Waals surface area contributed by atoms with Gasteiger partial charge >= 0.3 is 5.69 Å². The van der Waals surface area contributed by atoms with Gasteiger partial charge in [0.2, 0.25) is 5.88 Å². The van der Waals surface area contributed by atoms with Crippen LogP contribution in [0.3, 0.4) is 0 Å². The molecular formula is C12H16N8O2. The molecule has 3 rings (SSSR count). The topological polar surface area (TPSA) is 108 Å². The van der Waals surface area contributed by atoms with Crippen LogP contribution in [0.1, 0.15) is 18.2 Å². The lowest BCUT2D eigenvalue weighted by molar-refractivity contribution is 0.291. The Hall–Kier alpha value is -2.91. The molecule has 0 fully saturated rings. The van der Waals surface area contributed by atoms with Gasteiger partial charge in [0, 0.05) is 26.4 Å². The lowest BCUT2D eigenvalue weighted by Crippen LogP contribution is -2.24. The Morgan fingerprint density at radius 1 is 1.36 bits per heavy atom. The van der Waals surface area contributed by atoms with Crippen molar-refractivity contribution in [2.24, 2.45) is 14.1 Å². The van der Waals surface area contributed by atoms with E-state index < -0.39 is 0 Å². The van der Waals surface area contributed by atoms with Crippen LogP contribution in [-0.2, 0) is 27.1 Å². The van der Waals surface area contributed by atoms with E-state index in [0.717, 1.165) is 21.0 Å². The van der Waals surface area contributed by atoms with Crippen LogP contribution in [0.4, 0.5) is 0 Å². The molecule has 0 unspecified atom stereocenters. The van der Waals surface area contributed by atoms with Crippen LogP contribution < -0.4 is 10.4 Å². The molecule has 0 aliphatic carbocycles. The summed E-state index contributed by atoms with van der Waals surface area (Å²) in [6.45, 7) is 2.12. The molecule has 0 radical (unpaired) electrons. The zero-order valence-electron chi connectivity index (χ0n) is 13.5. The molecule has 22 heavy (non-hydrogen) atoms. The van der Waals surface area contributed by atoms with Crippen LogP contribution in [-0.4, -0.2) is 39.8 Å². The summed E-state index contributed by atoms with van der Waals surface area (Å²) in [7, 11) is 3.26. The summed E-state index contributed by atoms with van der Waals surface area (Å²) < 4.78 is 16.8. The zero-order valence-corrected chi connectivity index (χ0v) is 12.5. The Morgan fingerprint density at radius 2 is 2.18 bits per heavy atom. The van der Waals surface area contributed by atoms with Crippen LogP contribution >= 0.6 is 0 Å². The zero-order chi connectivity index (χ0) is 16.6. The lowest BCUT2D eigenvalue weighted by atomic mass is 10.2. The largest absolute Gasteiger partial charge is 0.472 e. The van der Waals surface area contributed by atoms with Gasteiger partial charge in [0.1, 0.15) is 6.61 Å². The predicted octanol–water partition coefficient (Wildman–Crippen LogP) is -0.436. The van der Waals surface area contributed by atoms with Crippen molar-refractivity contribution in [3.63, 3.8) is 0 Å². The maximum Gasteiger partial charge on any atom is 0.369 e. The lowest BCUT2D eigenvalue weighted by Gasteiger charge is -2.06. The molecule has 0 aliphatic heterocycles. The standard InChI is InChI=1S/C12H16N8O2/c1-4-9-8(7-22-10-5-6-13-14-10)11(18(2)15-9)20-12(21)19(3)16-17-20/h5-6H,4,7H2,1-3H3,(H,13,14)/i/hT. The summed E-state index contributed by atoms with van der Waals surface area (Å²) in [5.74, 6) is 0.827. The monoisotopic (exact) mass is 306 g/mol. The number of aryl methyl sites for hydroxylation is 3. The number of rotatable bonds is 5. The summed E-state index contributed by atoms with van der Waals surface area (Å²) in [5, 5.41) is 16.8. The molecule has 0 bridgehead atoms. The minimum Gasteiger partial charge on any atom is -0.472 e. The first kappa shape index (κ1) is 12.8. The quantitative estimate of drug-likeness (QED) is 0.685. The number of tetrazole rings is 1. The molecule has 10 nitrogen and oxygen atoms in total. The second-order valence-electron chi connectivity index (χ2n) is 4.68. The van der Waals surface area contributed by atoms with Crippen molar-refractivity contribution in [2.45, 2.75) is 20.0 Å². The van der Waals surface area contributed by atoms with Crippen LogP contribution in [0.2, 0.25) is 1.41 Å². The second-order valence-corrected chi connectivity index (χ2v) is 4.68. The molecule has 0 saturated heterocycles. The van der Waals surface area contributed by atoms with E-state index >= 15 is 0 Å². The fourth-order valence-electron chi connectivity index (χ4n) is 2.20. The van der Waals surface area contributed by atoms with Crippen molar-refractivity contribution >= 4 is 0 Å². The van der Waals surface area contributed by atoms with Gasteiger partial charge in [-0.1, -0.05) is 6.92 Å². The van der Waals surface area contributed by atoms with Crippen molar-refractivity contribution < 1.29 is 6.15 Å². The fraction of sp³-hybridized carbons (Fsp3) is 0.417. The van der Waals surface area contributed by atoms with E-state index in [1.807, 2.05) is 6.92 Å². The average molecular weight is 306 g/mol. The average Bonchev–Trinajstić information content (AvgIpc) is 3.17. The molecule has 3 aromatic heterocycles. The van der Waals surface area contributed by atoms with Crippen molar-refractivity contribution in [1.29, 1.82) is 0 Å². The van der Waals surface area contributed by atoms with Crippen molar-refractivity contribution in [1.82, 2.24) is 39.8 Å². The van der Waals surface area contributed by atoms with E-state index in [1.54, 1.807) is 17.8 Å². The van der Waals surface area contributed by atoms with Gasteiger partial charge in [0.05, 0.1) is 11.3 Å². The molecule has 116 valence electrons.